The van der Waals surface area contributed by atoms with Crippen LogP contribution < -0.4 is 5.32 Å². The number of amides is 1. The van der Waals surface area contributed by atoms with Crippen molar-refractivity contribution in [2.45, 2.75) is 13.0 Å². The lowest BCUT2D eigenvalue weighted by Gasteiger charge is -2.23. The summed E-state index contributed by atoms with van der Waals surface area (Å²) in [6, 6.07) is 11.4. The highest BCUT2D eigenvalue weighted by Gasteiger charge is 2.17. The zero-order chi connectivity index (χ0) is 17.8. The topological polar surface area (TPSA) is 71.3 Å². The van der Waals surface area contributed by atoms with Gasteiger partial charge in [-0.2, -0.15) is 4.98 Å². The molecule has 0 aliphatic heterocycles. The van der Waals surface area contributed by atoms with Crippen molar-refractivity contribution in [3.8, 4) is 11.5 Å². The summed E-state index contributed by atoms with van der Waals surface area (Å²) in [5, 5.41) is 8.83. The summed E-state index contributed by atoms with van der Waals surface area (Å²) in [6.07, 6.45) is 0. The van der Waals surface area contributed by atoms with Crippen molar-refractivity contribution >= 4 is 17.2 Å². The van der Waals surface area contributed by atoms with Gasteiger partial charge in [-0.3, -0.25) is 4.79 Å². The fraction of sp³-hybridized carbons (Fsp3) is 0.278. The molecule has 1 N–H and O–H groups in total. The second kappa shape index (κ2) is 7.58. The maximum atomic E-state index is 12.4. The number of likely N-dealkylation sites (N-methyl/N-ethyl adjacent to an activating group) is 1. The molecular weight excluding hydrogens is 336 g/mol. The number of hydrogen-bond acceptors (Lipinski definition) is 6. The number of carbonyl (C=O) groups excluding carboxylic acids is 1. The van der Waals surface area contributed by atoms with Crippen LogP contribution in [0.2, 0.25) is 0 Å². The summed E-state index contributed by atoms with van der Waals surface area (Å²) in [5.74, 6) is 0.937. The Morgan fingerprint density at radius 2 is 2.04 bits per heavy atom. The second-order valence-electron chi connectivity index (χ2n) is 5.93. The first-order valence-electron chi connectivity index (χ1n) is 7.93. The van der Waals surface area contributed by atoms with Gasteiger partial charge in [0.05, 0.1) is 6.04 Å². The molecule has 7 heteroatoms. The van der Waals surface area contributed by atoms with E-state index in [1.165, 1.54) is 4.88 Å². The van der Waals surface area contributed by atoms with Crippen molar-refractivity contribution in [3.05, 3.63) is 58.0 Å². The van der Waals surface area contributed by atoms with E-state index in [0.29, 0.717) is 23.8 Å². The number of nitrogens with one attached hydrogen (secondary N) is 1. The van der Waals surface area contributed by atoms with Crippen LogP contribution in [-0.4, -0.2) is 41.6 Å². The van der Waals surface area contributed by atoms with Gasteiger partial charge in [0.25, 0.3) is 11.8 Å². The predicted molar refractivity (Wildman–Crippen MR) is 97.6 cm³/mol. The molecule has 0 radical (unpaired) electrons. The minimum absolute atomic E-state index is 0.100. The average Bonchev–Trinajstić information content (AvgIpc) is 3.27. The minimum Gasteiger partial charge on any atom is -0.350 e. The number of carbonyl (C=O) groups is 1. The number of thiophene rings is 1. The van der Waals surface area contributed by atoms with Crippen LogP contribution in [0.15, 0.2) is 46.3 Å². The van der Waals surface area contributed by atoms with Crippen LogP contribution in [0.3, 0.4) is 0 Å². The highest BCUT2D eigenvalue weighted by Crippen LogP contribution is 2.22. The SMILES string of the molecule is Cc1noc(-c2ccc(C(=O)NCC(c3cccs3)N(C)C)cc2)n1. The molecule has 0 saturated heterocycles. The van der Waals surface area contributed by atoms with Crippen molar-refractivity contribution in [1.29, 1.82) is 0 Å². The van der Waals surface area contributed by atoms with Gasteiger partial charge in [-0.15, -0.1) is 11.3 Å². The number of hydrogen-bond donors (Lipinski definition) is 1. The van der Waals surface area contributed by atoms with Gasteiger partial charge in [0.1, 0.15) is 0 Å². The second-order valence-corrected chi connectivity index (χ2v) is 6.91. The Morgan fingerprint density at radius 1 is 1.28 bits per heavy atom. The summed E-state index contributed by atoms with van der Waals surface area (Å²) in [7, 11) is 4.02. The van der Waals surface area contributed by atoms with Gasteiger partial charge in [-0.1, -0.05) is 11.2 Å². The number of aromatic nitrogens is 2. The molecule has 0 aliphatic carbocycles. The molecule has 0 saturated carbocycles. The fourth-order valence-corrected chi connectivity index (χ4v) is 3.41. The zero-order valence-electron chi connectivity index (χ0n) is 14.4. The Hall–Kier alpha value is -2.51. The molecule has 0 spiro atoms. The monoisotopic (exact) mass is 356 g/mol. The molecule has 2 heterocycles. The molecule has 1 aromatic carbocycles. The first kappa shape index (κ1) is 17.3. The largest absolute Gasteiger partial charge is 0.350 e. The third kappa shape index (κ3) is 4.12. The van der Waals surface area contributed by atoms with Crippen LogP contribution in [0.25, 0.3) is 11.5 Å². The molecule has 6 nitrogen and oxygen atoms in total. The lowest BCUT2D eigenvalue weighted by Crippen LogP contribution is -2.34. The Balaban J connectivity index is 1.65. The van der Waals surface area contributed by atoms with Crippen LogP contribution in [0.1, 0.15) is 27.1 Å². The van der Waals surface area contributed by atoms with E-state index < -0.39 is 0 Å². The molecular formula is C18H20N4O2S. The molecule has 3 aromatic rings. The summed E-state index contributed by atoms with van der Waals surface area (Å²) in [6.45, 7) is 2.32. The van der Waals surface area contributed by atoms with Crippen molar-refractivity contribution in [3.63, 3.8) is 0 Å². The Bertz CT molecular complexity index is 825. The van der Waals surface area contributed by atoms with Crippen molar-refractivity contribution < 1.29 is 9.32 Å². The van der Waals surface area contributed by atoms with E-state index in [9.17, 15) is 4.79 Å². The molecule has 2 aromatic heterocycles. The highest BCUT2D eigenvalue weighted by molar-refractivity contribution is 7.10. The third-order valence-electron chi connectivity index (χ3n) is 3.87. The number of nitrogens with zero attached hydrogens (tertiary/aromatic N) is 3. The first-order chi connectivity index (χ1) is 12.0. The van der Waals surface area contributed by atoms with Crippen LogP contribution in [0.4, 0.5) is 0 Å². The summed E-state index contributed by atoms with van der Waals surface area (Å²) in [5.41, 5.74) is 1.39. The van der Waals surface area contributed by atoms with Gasteiger partial charge >= 0.3 is 0 Å². The smallest absolute Gasteiger partial charge is 0.257 e. The normalized spacial score (nSPS) is 12.3. The highest BCUT2D eigenvalue weighted by atomic mass is 32.1. The molecule has 1 unspecified atom stereocenters. The summed E-state index contributed by atoms with van der Waals surface area (Å²) >= 11 is 1.69. The molecule has 130 valence electrons. The van der Waals surface area contributed by atoms with Crippen molar-refractivity contribution in [2.75, 3.05) is 20.6 Å². The standard InChI is InChI=1S/C18H20N4O2S/c1-12-20-18(24-21-12)14-8-6-13(7-9-14)17(23)19-11-15(22(2)3)16-5-4-10-25-16/h4-10,15H,11H2,1-3H3,(H,19,23). The minimum atomic E-state index is -0.100. The van der Waals surface area contributed by atoms with E-state index in [1.54, 1.807) is 30.4 Å². The van der Waals surface area contributed by atoms with Gasteiger partial charge in [0.15, 0.2) is 5.82 Å². The van der Waals surface area contributed by atoms with Crippen LogP contribution >= 0.6 is 11.3 Å². The maximum Gasteiger partial charge on any atom is 0.257 e. The zero-order valence-corrected chi connectivity index (χ0v) is 15.2. The van der Waals surface area contributed by atoms with Gasteiger partial charge in [0, 0.05) is 22.5 Å². The van der Waals surface area contributed by atoms with Gasteiger partial charge in [-0.25, -0.2) is 0 Å². The molecule has 25 heavy (non-hydrogen) atoms. The van der Waals surface area contributed by atoms with Gasteiger partial charge in [-0.05, 0) is 56.7 Å². The average molecular weight is 356 g/mol. The van der Waals surface area contributed by atoms with Gasteiger partial charge < -0.3 is 14.7 Å². The lowest BCUT2D eigenvalue weighted by molar-refractivity contribution is 0.0942. The Kier molecular flexibility index (Phi) is 5.25. The van der Waals surface area contributed by atoms with E-state index >= 15 is 0 Å². The van der Waals surface area contributed by atoms with E-state index in [-0.39, 0.29) is 11.9 Å². The quantitative estimate of drug-likeness (QED) is 0.735. The number of benzene rings is 1. The molecule has 0 fully saturated rings. The van der Waals surface area contributed by atoms with E-state index in [1.807, 2.05) is 37.7 Å². The lowest BCUT2D eigenvalue weighted by atomic mass is 10.1. The summed E-state index contributed by atoms with van der Waals surface area (Å²) < 4.78 is 5.13. The van der Waals surface area contributed by atoms with Crippen LogP contribution in [-0.2, 0) is 0 Å². The third-order valence-corrected chi connectivity index (χ3v) is 4.85. The van der Waals surface area contributed by atoms with Crippen LogP contribution in [0.5, 0.6) is 0 Å². The van der Waals surface area contributed by atoms with Gasteiger partial charge in [0.2, 0.25) is 0 Å². The number of rotatable bonds is 6. The molecule has 1 amide bonds. The van der Waals surface area contributed by atoms with Crippen molar-refractivity contribution in [1.82, 2.24) is 20.4 Å². The number of aryl methyl sites for hydroxylation is 1. The predicted octanol–water partition coefficient (Wildman–Crippen LogP) is 3.14. The Labute approximate surface area is 150 Å². The molecule has 3 rings (SSSR count). The summed E-state index contributed by atoms with van der Waals surface area (Å²) in [4.78, 5) is 19.9. The first-order valence-corrected chi connectivity index (χ1v) is 8.81. The molecule has 1 atom stereocenters. The van der Waals surface area contributed by atoms with Crippen LogP contribution in [0, 0.1) is 6.92 Å². The molecule has 0 aliphatic rings. The van der Waals surface area contributed by atoms with E-state index in [2.05, 4.69) is 26.4 Å². The fourth-order valence-electron chi connectivity index (χ4n) is 2.49. The Morgan fingerprint density at radius 3 is 2.60 bits per heavy atom. The van der Waals surface area contributed by atoms with E-state index in [4.69, 9.17) is 4.52 Å². The maximum absolute atomic E-state index is 12.4. The van der Waals surface area contributed by atoms with Crippen molar-refractivity contribution in [2.24, 2.45) is 0 Å². The molecule has 0 bridgehead atoms. The van der Waals surface area contributed by atoms with E-state index in [0.717, 1.165) is 5.56 Å².